The van der Waals surface area contributed by atoms with Gasteiger partial charge in [0.05, 0.1) is 4.91 Å². The third-order valence-corrected chi connectivity index (χ3v) is 6.05. The third kappa shape index (κ3) is 3.62. The van der Waals surface area contributed by atoms with Gasteiger partial charge in [0.2, 0.25) is 0 Å². The number of thioether (sulfide) groups is 1. The fourth-order valence-corrected chi connectivity index (χ4v) is 4.67. The molecule has 3 heterocycles. The van der Waals surface area contributed by atoms with E-state index in [1.54, 1.807) is 18.2 Å². The number of carbonyl (C=O) groups excluding carboxylic acids is 1. The second-order valence-corrected chi connectivity index (χ2v) is 8.56. The highest BCUT2D eigenvalue weighted by Gasteiger charge is 2.32. The molecule has 1 fully saturated rings. The quantitative estimate of drug-likeness (QED) is 0.447. The van der Waals surface area contributed by atoms with E-state index in [-0.39, 0.29) is 16.8 Å². The molecule has 1 amide bonds. The molecule has 2 N–H and O–H groups in total. The minimum absolute atomic E-state index is 0.119. The molecular weight excluding hydrogens is 429 g/mol. The highest BCUT2D eigenvalue weighted by atomic mass is 32.2. The molecular formula is C18H9F3N2O2S3. The van der Waals surface area contributed by atoms with E-state index in [9.17, 15) is 22.8 Å². The van der Waals surface area contributed by atoms with Crippen molar-refractivity contribution in [1.29, 1.82) is 0 Å². The molecule has 0 radical (unpaired) electrons. The van der Waals surface area contributed by atoms with Crippen LogP contribution in [0.25, 0.3) is 28.1 Å². The van der Waals surface area contributed by atoms with Crippen molar-refractivity contribution in [2.24, 2.45) is 0 Å². The number of alkyl halides is 3. The zero-order valence-electron chi connectivity index (χ0n) is 13.7. The predicted molar refractivity (Wildman–Crippen MR) is 109 cm³/mol. The maximum atomic E-state index is 12.8. The molecule has 0 unspecified atom stereocenters. The molecule has 1 aromatic carbocycles. The second kappa shape index (κ2) is 6.87. The molecule has 1 saturated heterocycles. The molecule has 0 saturated carbocycles. The van der Waals surface area contributed by atoms with Gasteiger partial charge in [0.25, 0.3) is 5.91 Å². The zero-order valence-corrected chi connectivity index (χ0v) is 16.2. The smallest absolute Gasteiger partial charge is 0.351 e. The van der Waals surface area contributed by atoms with Crippen molar-refractivity contribution in [1.82, 2.24) is 10.3 Å². The predicted octanol–water partition coefficient (Wildman–Crippen LogP) is 4.76. The topological polar surface area (TPSA) is 62.0 Å². The average molecular weight is 438 g/mol. The first-order valence-electron chi connectivity index (χ1n) is 7.79. The van der Waals surface area contributed by atoms with E-state index in [0.717, 1.165) is 10.4 Å². The van der Waals surface area contributed by atoms with E-state index in [0.29, 0.717) is 20.9 Å². The van der Waals surface area contributed by atoms with Crippen LogP contribution >= 0.6 is 35.3 Å². The van der Waals surface area contributed by atoms with Crippen LogP contribution in [-0.4, -0.2) is 15.2 Å². The van der Waals surface area contributed by atoms with Gasteiger partial charge in [0, 0.05) is 21.8 Å². The largest absolute Gasteiger partial charge is 0.431 e. The summed E-state index contributed by atoms with van der Waals surface area (Å²) in [5, 5.41) is 4.56. The number of benzene rings is 1. The zero-order chi connectivity index (χ0) is 20.1. The number of aromatic nitrogens is 1. The number of rotatable bonds is 2. The van der Waals surface area contributed by atoms with Crippen LogP contribution in [0, 0.1) is 0 Å². The Morgan fingerprint density at radius 2 is 1.86 bits per heavy atom. The van der Waals surface area contributed by atoms with Gasteiger partial charge in [-0.05, 0) is 40.8 Å². The third-order valence-electron chi connectivity index (χ3n) is 4.00. The number of pyridine rings is 1. The standard InChI is InChI=1S/C18H9F3N2O2S3/c19-18(20,21)15-6-13(24)11-4-8(1-2-12(11)22-15)9-3-10(27-7-9)5-14-16(25)23-17(26)28-14/h1-7H,(H,22,24)(H,23,25,26). The Morgan fingerprint density at radius 1 is 1.07 bits per heavy atom. The summed E-state index contributed by atoms with van der Waals surface area (Å²) >= 11 is 7.54. The number of thiophene rings is 1. The Labute approximate surface area is 169 Å². The van der Waals surface area contributed by atoms with E-state index < -0.39 is 17.3 Å². The summed E-state index contributed by atoms with van der Waals surface area (Å²) in [4.78, 5) is 27.5. The molecule has 0 spiro atoms. The first-order chi connectivity index (χ1) is 13.2. The summed E-state index contributed by atoms with van der Waals surface area (Å²) < 4.78 is 39.0. The number of aromatic amines is 1. The van der Waals surface area contributed by atoms with Crippen molar-refractivity contribution in [3.8, 4) is 11.1 Å². The van der Waals surface area contributed by atoms with Crippen LogP contribution < -0.4 is 10.7 Å². The van der Waals surface area contributed by atoms with E-state index >= 15 is 0 Å². The Kier molecular flexibility index (Phi) is 4.64. The number of hydrogen-bond donors (Lipinski definition) is 2. The Bertz CT molecular complexity index is 1220. The lowest BCUT2D eigenvalue weighted by Crippen LogP contribution is -2.17. The van der Waals surface area contributed by atoms with Crippen LogP contribution in [0.3, 0.4) is 0 Å². The first kappa shape index (κ1) is 18.9. The summed E-state index contributed by atoms with van der Waals surface area (Å²) in [5.41, 5.74) is -0.170. The molecule has 0 aliphatic carbocycles. The lowest BCUT2D eigenvalue weighted by Gasteiger charge is -2.08. The fraction of sp³-hybridized carbons (Fsp3) is 0.0556. The number of halogens is 3. The number of hydrogen-bond acceptors (Lipinski definition) is 5. The molecule has 3 aromatic rings. The van der Waals surface area contributed by atoms with Crippen LogP contribution in [0.1, 0.15) is 10.6 Å². The molecule has 2 aromatic heterocycles. The maximum absolute atomic E-state index is 12.8. The summed E-state index contributed by atoms with van der Waals surface area (Å²) in [6.07, 6.45) is -2.90. The number of amides is 1. The monoisotopic (exact) mass is 438 g/mol. The maximum Gasteiger partial charge on any atom is 0.431 e. The van der Waals surface area contributed by atoms with E-state index in [1.165, 1.54) is 29.2 Å². The summed E-state index contributed by atoms with van der Waals surface area (Å²) in [5.74, 6) is -0.248. The van der Waals surface area contributed by atoms with Crippen molar-refractivity contribution in [2.75, 3.05) is 0 Å². The van der Waals surface area contributed by atoms with Crippen molar-refractivity contribution < 1.29 is 18.0 Å². The number of fused-ring (bicyclic) bond motifs is 1. The highest BCUT2D eigenvalue weighted by Crippen LogP contribution is 2.32. The van der Waals surface area contributed by atoms with Crippen LogP contribution in [-0.2, 0) is 11.0 Å². The van der Waals surface area contributed by atoms with Crippen LogP contribution in [0.15, 0.2) is 45.4 Å². The molecule has 142 valence electrons. The SMILES string of the molecule is O=C1NC(=S)SC1=Cc1cc(-c2ccc3[nH]c(C(F)(F)F)cc(=O)c3c2)cs1. The van der Waals surface area contributed by atoms with Gasteiger partial charge in [-0.25, -0.2) is 0 Å². The van der Waals surface area contributed by atoms with Gasteiger partial charge >= 0.3 is 6.18 Å². The molecule has 1 aliphatic heterocycles. The first-order valence-corrected chi connectivity index (χ1v) is 9.89. The van der Waals surface area contributed by atoms with Gasteiger partial charge in [0.1, 0.15) is 10.0 Å². The van der Waals surface area contributed by atoms with Crippen molar-refractivity contribution in [3.63, 3.8) is 0 Å². The van der Waals surface area contributed by atoms with E-state index in [1.807, 2.05) is 11.4 Å². The molecule has 28 heavy (non-hydrogen) atoms. The summed E-state index contributed by atoms with van der Waals surface area (Å²) in [6, 6.07) is 7.06. The van der Waals surface area contributed by atoms with Gasteiger partial charge < -0.3 is 10.3 Å². The van der Waals surface area contributed by atoms with Gasteiger partial charge in [0.15, 0.2) is 5.43 Å². The van der Waals surface area contributed by atoms with Gasteiger partial charge in [-0.3, -0.25) is 9.59 Å². The Hall–Kier alpha value is -2.43. The number of thiocarbonyl (C=S) groups is 1. The van der Waals surface area contributed by atoms with E-state index in [4.69, 9.17) is 12.2 Å². The lowest BCUT2D eigenvalue weighted by molar-refractivity contribution is -0.141. The minimum atomic E-state index is -4.62. The highest BCUT2D eigenvalue weighted by molar-refractivity contribution is 8.26. The Morgan fingerprint density at radius 3 is 2.54 bits per heavy atom. The fourth-order valence-electron chi connectivity index (χ4n) is 2.71. The molecule has 1 aliphatic rings. The van der Waals surface area contributed by atoms with Crippen molar-refractivity contribution in [2.45, 2.75) is 6.18 Å². The molecule has 0 atom stereocenters. The number of nitrogens with one attached hydrogen (secondary N) is 2. The summed E-state index contributed by atoms with van der Waals surface area (Å²) in [7, 11) is 0. The second-order valence-electron chi connectivity index (χ2n) is 5.90. The van der Waals surface area contributed by atoms with Crippen LogP contribution in [0.2, 0.25) is 0 Å². The molecule has 0 bridgehead atoms. The Balaban J connectivity index is 1.71. The number of H-pyrrole nitrogens is 1. The van der Waals surface area contributed by atoms with Gasteiger partial charge in [-0.15, -0.1) is 11.3 Å². The lowest BCUT2D eigenvalue weighted by atomic mass is 10.0. The molecule has 10 heteroatoms. The minimum Gasteiger partial charge on any atom is -0.351 e. The average Bonchev–Trinajstić information content (AvgIpc) is 3.20. The van der Waals surface area contributed by atoms with Crippen LogP contribution in [0.4, 0.5) is 13.2 Å². The van der Waals surface area contributed by atoms with Gasteiger partial charge in [-0.1, -0.05) is 30.0 Å². The summed E-state index contributed by atoms with van der Waals surface area (Å²) in [6.45, 7) is 0. The van der Waals surface area contributed by atoms with Crippen molar-refractivity contribution in [3.05, 3.63) is 61.4 Å². The molecule has 4 nitrogen and oxygen atoms in total. The number of carbonyl (C=O) groups is 1. The van der Waals surface area contributed by atoms with Gasteiger partial charge in [-0.2, -0.15) is 13.2 Å². The van der Waals surface area contributed by atoms with Crippen LogP contribution in [0.5, 0.6) is 0 Å². The normalized spacial score (nSPS) is 16.2. The molecule has 4 rings (SSSR count). The van der Waals surface area contributed by atoms with Crippen molar-refractivity contribution >= 4 is 62.5 Å². The van der Waals surface area contributed by atoms with E-state index in [2.05, 4.69) is 10.3 Å².